The van der Waals surface area contributed by atoms with Gasteiger partial charge in [-0.25, -0.2) is 0 Å². The van der Waals surface area contributed by atoms with Gasteiger partial charge >= 0.3 is 0 Å². The van der Waals surface area contributed by atoms with E-state index in [1.807, 2.05) is 6.92 Å². The maximum Gasteiger partial charge on any atom is 0.226 e. The molecule has 6 heteroatoms. The minimum absolute atomic E-state index is 0.104. The number of unbranched alkanes of at least 4 members (excludes halogenated alkanes) is 1. The van der Waals surface area contributed by atoms with Crippen LogP contribution in [0.25, 0.3) is 0 Å². The van der Waals surface area contributed by atoms with Gasteiger partial charge in [-0.2, -0.15) is 0 Å². The molecule has 0 saturated heterocycles. The molecule has 0 aliphatic rings. The molecule has 0 spiro atoms. The first-order valence-corrected chi connectivity index (χ1v) is 6.75. The number of rotatable bonds is 4. The quantitative estimate of drug-likeness (QED) is 0.826. The first-order valence-electron chi connectivity index (χ1n) is 5.58. The van der Waals surface area contributed by atoms with E-state index in [9.17, 15) is 4.79 Å². The van der Waals surface area contributed by atoms with Gasteiger partial charge in [-0.3, -0.25) is 4.79 Å². The lowest BCUT2D eigenvalue weighted by molar-refractivity contribution is -0.119. The fraction of sp³-hybridized carbons (Fsp3) is 0.333. The van der Waals surface area contributed by atoms with E-state index in [-0.39, 0.29) is 11.0 Å². The highest BCUT2D eigenvalue weighted by atomic mass is 35.5. The van der Waals surface area contributed by atoms with E-state index in [4.69, 9.17) is 35.4 Å². The Hall–Kier alpha value is -0.840. The minimum Gasteiger partial charge on any atom is -0.331 e. The van der Waals surface area contributed by atoms with Crippen LogP contribution < -0.4 is 10.6 Å². The molecule has 0 aromatic heterocycles. The minimum atomic E-state index is -0.104. The molecule has 1 rings (SSSR count). The average molecular weight is 305 g/mol. The van der Waals surface area contributed by atoms with Gasteiger partial charge in [0.05, 0.1) is 10.7 Å². The molecule has 98 valence electrons. The van der Waals surface area contributed by atoms with Crippen molar-refractivity contribution < 1.29 is 4.79 Å². The monoisotopic (exact) mass is 304 g/mol. The molecule has 3 nitrogen and oxygen atoms in total. The lowest BCUT2D eigenvalue weighted by Crippen LogP contribution is -2.33. The summed E-state index contributed by atoms with van der Waals surface area (Å²) in [5.41, 5.74) is 0.574. The molecule has 0 fully saturated rings. The molecule has 0 atom stereocenters. The lowest BCUT2D eigenvalue weighted by Gasteiger charge is -2.11. The summed E-state index contributed by atoms with van der Waals surface area (Å²) in [4.78, 5) is 11.5. The van der Waals surface area contributed by atoms with Gasteiger partial charge in [0.1, 0.15) is 0 Å². The summed E-state index contributed by atoms with van der Waals surface area (Å²) in [6.45, 7) is 2.02. The lowest BCUT2D eigenvalue weighted by atomic mass is 10.2. The third kappa shape index (κ3) is 5.21. The molecule has 0 aliphatic heterocycles. The molecular weight excluding hydrogens is 291 g/mol. The van der Waals surface area contributed by atoms with Gasteiger partial charge in [0, 0.05) is 11.4 Å². The summed E-state index contributed by atoms with van der Waals surface area (Å²) in [6, 6.07) is 4.99. The van der Waals surface area contributed by atoms with Gasteiger partial charge in [-0.15, -0.1) is 0 Å². The molecule has 18 heavy (non-hydrogen) atoms. The third-order valence-electron chi connectivity index (χ3n) is 2.19. The normalized spacial score (nSPS) is 9.94. The zero-order chi connectivity index (χ0) is 13.5. The summed E-state index contributed by atoms with van der Waals surface area (Å²) in [7, 11) is 0. The Morgan fingerprint density at radius 3 is 2.78 bits per heavy atom. The van der Waals surface area contributed by atoms with Gasteiger partial charge in [-0.05, 0) is 36.8 Å². The Balaban J connectivity index is 2.54. The summed E-state index contributed by atoms with van der Waals surface area (Å²) >= 11 is 16.8. The van der Waals surface area contributed by atoms with Crippen molar-refractivity contribution in [3.8, 4) is 0 Å². The van der Waals surface area contributed by atoms with Crippen LogP contribution in [-0.4, -0.2) is 11.0 Å². The van der Waals surface area contributed by atoms with Gasteiger partial charge in [0.2, 0.25) is 5.91 Å². The number of anilines is 1. The Bertz CT molecular complexity index is 452. The largest absolute Gasteiger partial charge is 0.331 e. The molecule has 1 aromatic rings. The van der Waals surface area contributed by atoms with Crippen molar-refractivity contribution in [3.05, 3.63) is 28.2 Å². The van der Waals surface area contributed by atoms with Crippen LogP contribution in [0.1, 0.15) is 26.2 Å². The highest BCUT2D eigenvalue weighted by Gasteiger charge is 2.06. The number of benzene rings is 1. The number of hydrogen-bond donors (Lipinski definition) is 2. The van der Waals surface area contributed by atoms with Crippen LogP contribution >= 0.6 is 35.4 Å². The van der Waals surface area contributed by atoms with E-state index >= 15 is 0 Å². The standard InChI is InChI=1S/C12H14Cl2N2OS/c1-2-3-4-11(17)16-12(18)15-10-7-8(13)5-6-9(10)14/h5-7H,2-4H2,1H3,(H2,15,16,17,18). The van der Waals surface area contributed by atoms with Crippen LogP contribution in [0.4, 0.5) is 5.69 Å². The zero-order valence-electron chi connectivity index (χ0n) is 9.93. The maximum absolute atomic E-state index is 11.5. The molecular formula is C12H14Cl2N2OS. The molecule has 1 aromatic carbocycles. The Kier molecular flexibility index (Phi) is 6.39. The predicted molar refractivity (Wildman–Crippen MR) is 80.4 cm³/mol. The van der Waals surface area contributed by atoms with Crippen LogP contribution in [0.3, 0.4) is 0 Å². The van der Waals surface area contributed by atoms with E-state index in [1.54, 1.807) is 18.2 Å². The van der Waals surface area contributed by atoms with Crippen molar-refractivity contribution in [2.45, 2.75) is 26.2 Å². The summed E-state index contributed by atoms with van der Waals surface area (Å²) in [5, 5.41) is 6.69. The number of amides is 1. The second-order valence-corrected chi connectivity index (χ2v) is 4.98. The van der Waals surface area contributed by atoms with Crippen LogP contribution in [-0.2, 0) is 4.79 Å². The highest BCUT2D eigenvalue weighted by Crippen LogP contribution is 2.25. The summed E-state index contributed by atoms with van der Waals surface area (Å²) < 4.78 is 0. The van der Waals surface area contributed by atoms with E-state index in [1.165, 1.54) is 0 Å². The van der Waals surface area contributed by atoms with Gasteiger partial charge in [0.25, 0.3) is 0 Å². The molecule has 2 N–H and O–H groups in total. The van der Waals surface area contributed by atoms with Crippen molar-refractivity contribution in [2.75, 3.05) is 5.32 Å². The fourth-order valence-corrected chi connectivity index (χ4v) is 1.83. The summed E-state index contributed by atoms with van der Waals surface area (Å²) in [5.74, 6) is -0.104. The molecule has 0 saturated carbocycles. The molecule has 0 radical (unpaired) electrons. The van der Waals surface area contributed by atoms with Crippen molar-refractivity contribution in [3.63, 3.8) is 0 Å². The molecule has 0 bridgehead atoms. The average Bonchev–Trinajstić information content (AvgIpc) is 2.31. The molecule has 1 amide bonds. The Labute approximate surface area is 122 Å². The van der Waals surface area contributed by atoms with E-state index in [0.29, 0.717) is 22.2 Å². The highest BCUT2D eigenvalue weighted by molar-refractivity contribution is 7.80. The second-order valence-electron chi connectivity index (χ2n) is 3.73. The molecule has 0 heterocycles. The number of hydrogen-bond acceptors (Lipinski definition) is 2. The van der Waals surface area contributed by atoms with Crippen LogP contribution in [0.2, 0.25) is 10.0 Å². The van der Waals surface area contributed by atoms with Crippen LogP contribution in [0.15, 0.2) is 18.2 Å². The van der Waals surface area contributed by atoms with E-state index < -0.39 is 0 Å². The number of carbonyl (C=O) groups is 1. The van der Waals surface area contributed by atoms with E-state index in [0.717, 1.165) is 12.8 Å². The zero-order valence-corrected chi connectivity index (χ0v) is 12.3. The van der Waals surface area contributed by atoms with Crippen LogP contribution in [0, 0.1) is 0 Å². The van der Waals surface area contributed by atoms with Crippen molar-refractivity contribution >= 4 is 52.1 Å². The van der Waals surface area contributed by atoms with E-state index in [2.05, 4.69) is 10.6 Å². The predicted octanol–water partition coefficient (Wildman–Crippen LogP) is 4.00. The van der Waals surface area contributed by atoms with Crippen molar-refractivity contribution in [1.82, 2.24) is 5.32 Å². The number of nitrogens with one attached hydrogen (secondary N) is 2. The molecule has 0 unspecified atom stereocenters. The Morgan fingerprint density at radius 1 is 1.39 bits per heavy atom. The maximum atomic E-state index is 11.5. The first-order chi connectivity index (χ1) is 8.52. The summed E-state index contributed by atoms with van der Waals surface area (Å²) in [6.07, 6.45) is 2.27. The number of thiocarbonyl (C=S) groups is 1. The third-order valence-corrected chi connectivity index (χ3v) is 2.96. The smallest absolute Gasteiger partial charge is 0.226 e. The van der Waals surface area contributed by atoms with Gasteiger partial charge in [-0.1, -0.05) is 36.5 Å². The van der Waals surface area contributed by atoms with Crippen molar-refractivity contribution in [1.29, 1.82) is 0 Å². The second kappa shape index (κ2) is 7.56. The van der Waals surface area contributed by atoms with Crippen LogP contribution in [0.5, 0.6) is 0 Å². The van der Waals surface area contributed by atoms with Crippen molar-refractivity contribution in [2.24, 2.45) is 0 Å². The fourth-order valence-electron chi connectivity index (χ4n) is 1.27. The molecule has 0 aliphatic carbocycles. The Morgan fingerprint density at radius 2 is 2.11 bits per heavy atom. The number of carbonyl (C=O) groups excluding carboxylic acids is 1. The van der Waals surface area contributed by atoms with Gasteiger partial charge in [0.15, 0.2) is 5.11 Å². The topological polar surface area (TPSA) is 41.1 Å². The SMILES string of the molecule is CCCCC(=O)NC(=S)Nc1cc(Cl)ccc1Cl. The van der Waals surface area contributed by atoms with Gasteiger partial charge < -0.3 is 10.6 Å². The first kappa shape index (κ1) is 15.2. The number of halogens is 2.